The van der Waals surface area contributed by atoms with Gasteiger partial charge in [0.2, 0.25) is 5.91 Å². The van der Waals surface area contributed by atoms with E-state index in [2.05, 4.69) is 25.7 Å². The zero-order valence-corrected chi connectivity index (χ0v) is 10.6. The van der Waals surface area contributed by atoms with E-state index < -0.39 is 0 Å². The van der Waals surface area contributed by atoms with Gasteiger partial charge in [0.25, 0.3) is 0 Å². The molecule has 0 aromatic carbocycles. The first-order valence-corrected chi connectivity index (χ1v) is 6.32. The highest BCUT2D eigenvalue weighted by Gasteiger charge is 2.22. The molecule has 16 heavy (non-hydrogen) atoms. The number of quaternary nitrogens is 1. The Hall–Kier alpha value is -0.830. The Bertz CT molecular complexity index is 242. The minimum atomic E-state index is -0.115. The van der Waals surface area contributed by atoms with E-state index >= 15 is 0 Å². The first kappa shape index (κ1) is 13.2. The lowest BCUT2D eigenvalue weighted by atomic mass is 9.99. The number of carbonyl (C=O) groups is 1. The van der Waals surface area contributed by atoms with Gasteiger partial charge in [0.05, 0.1) is 19.6 Å². The maximum absolute atomic E-state index is 11.2. The second-order valence-electron chi connectivity index (χ2n) is 5.39. The van der Waals surface area contributed by atoms with Crippen LogP contribution in [0.5, 0.6) is 0 Å². The van der Waals surface area contributed by atoms with Crippen molar-refractivity contribution in [1.82, 2.24) is 5.32 Å². The molecule has 1 amide bonds. The van der Waals surface area contributed by atoms with Gasteiger partial charge in [0, 0.05) is 12.0 Å². The summed E-state index contributed by atoms with van der Waals surface area (Å²) in [4.78, 5) is 12.9. The summed E-state index contributed by atoms with van der Waals surface area (Å²) >= 11 is 0. The fraction of sp³-hybridized carbons (Fsp3) is 0.769. The smallest absolute Gasteiger partial charge is 0.243 e. The maximum atomic E-state index is 11.2. The summed E-state index contributed by atoms with van der Waals surface area (Å²) in [5.41, 5.74) is -0.115. The van der Waals surface area contributed by atoms with Crippen molar-refractivity contribution in [2.75, 3.05) is 19.6 Å². The Balaban J connectivity index is 2.28. The number of carbonyl (C=O) groups excluding carboxylic acids is 1. The van der Waals surface area contributed by atoms with E-state index in [0.717, 1.165) is 13.0 Å². The van der Waals surface area contributed by atoms with Crippen molar-refractivity contribution in [3.05, 3.63) is 12.7 Å². The minimum Gasteiger partial charge on any atom is -0.347 e. The monoisotopic (exact) mass is 225 g/mol. The fourth-order valence-corrected chi connectivity index (χ4v) is 2.24. The number of rotatable bonds is 5. The van der Waals surface area contributed by atoms with E-state index in [1.54, 1.807) is 4.90 Å². The molecule has 1 fully saturated rings. The summed E-state index contributed by atoms with van der Waals surface area (Å²) in [5, 5.41) is 2.98. The normalized spacial score (nSPS) is 18.1. The predicted octanol–water partition coefficient (Wildman–Crippen LogP) is 0.526. The SMILES string of the molecule is C=CC(=O)NC(C)(C)CC[NH+]1CCCCC1. The van der Waals surface area contributed by atoms with Crippen LogP contribution in [0.3, 0.4) is 0 Å². The minimum absolute atomic E-state index is 0.0707. The van der Waals surface area contributed by atoms with E-state index in [9.17, 15) is 4.79 Å². The van der Waals surface area contributed by atoms with Crippen LogP contribution in [-0.4, -0.2) is 31.1 Å². The van der Waals surface area contributed by atoms with Gasteiger partial charge in [0.15, 0.2) is 0 Å². The third-order valence-electron chi connectivity index (χ3n) is 3.31. The number of amides is 1. The molecule has 92 valence electrons. The van der Waals surface area contributed by atoms with Crippen LogP contribution in [0.2, 0.25) is 0 Å². The summed E-state index contributed by atoms with van der Waals surface area (Å²) < 4.78 is 0. The molecule has 0 aliphatic carbocycles. The number of piperidine rings is 1. The fourth-order valence-electron chi connectivity index (χ4n) is 2.24. The summed E-state index contributed by atoms with van der Waals surface area (Å²) in [6.07, 6.45) is 6.47. The molecule has 0 atom stereocenters. The van der Waals surface area contributed by atoms with Crippen molar-refractivity contribution in [2.45, 2.75) is 45.1 Å². The third-order valence-corrected chi connectivity index (χ3v) is 3.31. The number of hydrogen-bond donors (Lipinski definition) is 2. The molecule has 1 rings (SSSR count). The zero-order valence-electron chi connectivity index (χ0n) is 10.6. The lowest BCUT2D eigenvalue weighted by molar-refractivity contribution is -0.905. The topological polar surface area (TPSA) is 33.5 Å². The van der Waals surface area contributed by atoms with Crippen molar-refractivity contribution >= 4 is 5.91 Å². The number of hydrogen-bond acceptors (Lipinski definition) is 1. The number of nitrogens with one attached hydrogen (secondary N) is 2. The molecular weight excluding hydrogens is 200 g/mol. The van der Waals surface area contributed by atoms with Crippen LogP contribution in [0, 0.1) is 0 Å². The van der Waals surface area contributed by atoms with E-state index in [0.29, 0.717) is 0 Å². The van der Waals surface area contributed by atoms with E-state index in [1.165, 1.54) is 38.4 Å². The molecule has 3 nitrogen and oxygen atoms in total. The van der Waals surface area contributed by atoms with Crippen molar-refractivity contribution in [3.63, 3.8) is 0 Å². The van der Waals surface area contributed by atoms with Crippen LogP contribution in [0.15, 0.2) is 12.7 Å². The van der Waals surface area contributed by atoms with Gasteiger partial charge in [-0.3, -0.25) is 4.79 Å². The van der Waals surface area contributed by atoms with Gasteiger partial charge < -0.3 is 10.2 Å². The van der Waals surface area contributed by atoms with Crippen LogP contribution in [-0.2, 0) is 4.79 Å². The maximum Gasteiger partial charge on any atom is 0.243 e. The van der Waals surface area contributed by atoms with Gasteiger partial charge in [-0.05, 0) is 39.2 Å². The van der Waals surface area contributed by atoms with Gasteiger partial charge in [-0.15, -0.1) is 0 Å². The molecule has 1 heterocycles. The largest absolute Gasteiger partial charge is 0.347 e. The highest BCUT2D eigenvalue weighted by molar-refractivity contribution is 5.87. The molecule has 2 N–H and O–H groups in total. The summed E-state index contributed by atoms with van der Waals surface area (Å²) in [6, 6.07) is 0. The molecule has 0 radical (unpaired) electrons. The average molecular weight is 225 g/mol. The van der Waals surface area contributed by atoms with Crippen molar-refractivity contribution in [1.29, 1.82) is 0 Å². The second kappa shape index (κ2) is 6.04. The lowest BCUT2D eigenvalue weighted by Gasteiger charge is -2.29. The van der Waals surface area contributed by atoms with Crippen LogP contribution in [0.4, 0.5) is 0 Å². The standard InChI is InChI=1S/C13H24N2O/c1-4-12(16)14-13(2,3)8-11-15-9-6-5-7-10-15/h4H,1,5-11H2,2-3H3,(H,14,16)/p+1. The van der Waals surface area contributed by atoms with Crippen LogP contribution < -0.4 is 10.2 Å². The van der Waals surface area contributed by atoms with Gasteiger partial charge in [-0.1, -0.05) is 6.58 Å². The average Bonchev–Trinajstić information content (AvgIpc) is 2.27. The summed E-state index contributed by atoms with van der Waals surface area (Å²) in [6.45, 7) is 11.4. The molecule has 0 aromatic rings. The molecule has 1 aliphatic heterocycles. The molecule has 0 spiro atoms. The molecule has 3 heteroatoms. The van der Waals surface area contributed by atoms with Crippen LogP contribution >= 0.6 is 0 Å². The first-order valence-electron chi connectivity index (χ1n) is 6.32. The Morgan fingerprint density at radius 1 is 1.38 bits per heavy atom. The number of likely N-dealkylation sites (tertiary alicyclic amines) is 1. The van der Waals surface area contributed by atoms with E-state index in [1.807, 2.05) is 0 Å². The molecule has 1 aliphatic rings. The van der Waals surface area contributed by atoms with Gasteiger partial charge in [-0.2, -0.15) is 0 Å². The van der Waals surface area contributed by atoms with Gasteiger partial charge >= 0.3 is 0 Å². The highest BCUT2D eigenvalue weighted by atomic mass is 16.1. The molecular formula is C13H25N2O+. The van der Waals surface area contributed by atoms with Crippen molar-refractivity contribution in [3.8, 4) is 0 Å². The Kier molecular flexibility index (Phi) is 5.00. The Morgan fingerprint density at radius 2 is 2.00 bits per heavy atom. The van der Waals surface area contributed by atoms with Crippen LogP contribution in [0.1, 0.15) is 39.5 Å². The lowest BCUT2D eigenvalue weighted by Crippen LogP contribution is -3.13. The predicted molar refractivity (Wildman–Crippen MR) is 66.5 cm³/mol. The molecule has 0 bridgehead atoms. The summed E-state index contributed by atoms with van der Waals surface area (Å²) in [7, 11) is 0. The van der Waals surface area contributed by atoms with Crippen molar-refractivity contribution in [2.24, 2.45) is 0 Å². The Morgan fingerprint density at radius 3 is 2.56 bits per heavy atom. The molecule has 0 aromatic heterocycles. The summed E-state index contributed by atoms with van der Waals surface area (Å²) in [5.74, 6) is -0.0707. The van der Waals surface area contributed by atoms with E-state index in [4.69, 9.17) is 0 Å². The zero-order chi connectivity index (χ0) is 12.0. The van der Waals surface area contributed by atoms with Crippen molar-refractivity contribution < 1.29 is 9.69 Å². The highest BCUT2D eigenvalue weighted by Crippen LogP contribution is 2.06. The van der Waals surface area contributed by atoms with Crippen LogP contribution in [0.25, 0.3) is 0 Å². The van der Waals surface area contributed by atoms with Gasteiger partial charge in [-0.25, -0.2) is 0 Å². The molecule has 0 saturated carbocycles. The second-order valence-corrected chi connectivity index (χ2v) is 5.39. The van der Waals surface area contributed by atoms with Gasteiger partial charge in [0.1, 0.15) is 0 Å². The quantitative estimate of drug-likeness (QED) is 0.657. The molecule has 0 unspecified atom stereocenters. The Labute approximate surface area is 98.9 Å². The third kappa shape index (κ3) is 4.79. The molecule has 1 saturated heterocycles. The first-order chi connectivity index (χ1) is 7.53. The van der Waals surface area contributed by atoms with E-state index in [-0.39, 0.29) is 11.4 Å².